The summed E-state index contributed by atoms with van der Waals surface area (Å²) in [4.78, 5) is 0. The van der Waals surface area contributed by atoms with Crippen molar-refractivity contribution in [3.63, 3.8) is 0 Å². The third-order valence-corrected chi connectivity index (χ3v) is 2.07. The summed E-state index contributed by atoms with van der Waals surface area (Å²) in [5, 5.41) is 11.1. The average molecular weight is 197 g/mol. The van der Waals surface area contributed by atoms with Gasteiger partial charge in [-0.2, -0.15) is 0 Å². The molecule has 0 unspecified atom stereocenters. The molecular formula is C8H9ClN4. The molecule has 0 aromatic carbocycles. The van der Waals surface area contributed by atoms with Crippen molar-refractivity contribution in [2.75, 3.05) is 7.05 Å². The molecule has 0 radical (unpaired) electrons. The first kappa shape index (κ1) is 8.47. The van der Waals surface area contributed by atoms with Crippen LogP contribution in [0.3, 0.4) is 0 Å². The standard InChI is InChI=1S/C8H9ClN4/c1-10-5-6-2-3-13-7(4-6)11-12-8(13)9/h2-4,10H,5H2,1H3. The number of hydrogen-bond donors (Lipinski definition) is 1. The maximum Gasteiger partial charge on any atom is 0.229 e. The lowest BCUT2D eigenvalue weighted by Crippen LogP contribution is -2.05. The molecule has 0 saturated heterocycles. The van der Waals surface area contributed by atoms with E-state index in [4.69, 9.17) is 11.6 Å². The van der Waals surface area contributed by atoms with Crippen LogP contribution in [-0.2, 0) is 6.54 Å². The number of hydrogen-bond acceptors (Lipinski definition) is 3. The Bertz CT molecular complexity index is 423. The molecule has 5 heteroatoms. The fourth-order valence-corrected chi connectivity index (χ4v) is 1.40. The molecule has 2 rings (SSSR count). The predicted molar refractivity (Wildman–Crippen MR) is 50.8 cm³/mol. The van der Waals surface area contributed by atoms with Gasteiger partial charge in [-0.15, -0.1) is 10.2 Å². The van der Waals surface area contributed by atoms with E-state index in [1.807, 2.05) is 25.4 Å². The van der Waals surface area contributed by atoms with Gasteiger partial charge in [-0.05, 0) is 36.3 Å². The van der Waals surface area contributed by atoms with Crippen LogP contribution in [0.15, 0.2) is 18.3 Å². The van der Waals surface area contributed by atoms with Crippen molar-refractivity contribution < 1.29 is 0 Å². The topological polar surface area (TPSA) is 42.2 Å². The summed E-state index contributed by atoms with van der Waals surface area (Å²) in [6.45, 7) is 0.820. The molecule has 2 aromatic heterocycles. The number of nitrogens with zero attached hydrogens (tertiary/aromatic N) is 3. The van der Waals surface area contributed by atoms with Crippen LogP contribution in [0.5, 0.6) is 0 Å². The first-order valence-electron chi connectivity index (χ1n) is 3.95. The van der Waals surface area contributed by atoms with Crippen molar-refractivity contribution in [1.29, 1.82) is 0 Å². The summed E-state index contributed by atoms with van der Waals surface area (Å²) >= 11 is 5.78. The van der Waals surface area contributed by atoms with Gasteiger partial charge < -0.3 is 5.32 Å². The summed E-state index contributed by atoms with van der Waals surface area (Å²) in [6, 6.07) is 3.94. The number of aromatic nitrogens is 3. The molecular weight excluding hydrogens is 188 g/mol. The minimum Gasteiger partial charge on any atom is -0.316 e. The van der Waals surface area contributed by atoms with Crippen LogP contribution in [0.25, 0.3) is 5.65 Å². The fraction of sp³-hybridized carbons (Fsp3) is 0.250. The molecule has 0 fully saturated rings. The minimum absolute atomic E-state index is 0.394. The second kappa shape index (κ2) is 3.32. The Morgan fingerprint density at radius 1 is 1.54 bits per heavy atom. The van der Waals surface area contributed by atoms with Gasteiger partial charge in [0.25, 0.3) is 0 Å². The summed E-state index contributed by atoms with van der Waals surface area (Å²) in [7, 11) is 1.90. The number of rotatable bonds is 2. The van der Waals surface area contributed by atoms with Crippen molar-refractivity contribution >= 4 is 17.2 Å². The molecule has 0 aliphatic rings. The number of halogens is 1. The molecule has 0 amide bonds. The zero-order valence-electron chi connectivity index (χ0n) is 7.16. The molecule has 0 bridgehead atoms. The SMILES string of the molecule is CNCc1ccn2c(Cl)nnc2c1. The van der Waals surface area contributed by atoms with Crippen molar-refractivity contribution in [1.82, 2.24) is 19.9 Å². The summed E-state index contributed by atoms with van der Waals surface area (Å²) < 4.78 is 1.74. The molecule has 1 N–H and O–H groups in total. The quantitative estimate of drug-likeness (QED) is 0.782. The van der Waals surface area contributed by atoms with E-state index >= 15 is 0 Å². The van der Waals surface area contributed by atoms with Crippen molar-refractivity contribution in [2.45, 2.75) is 6.54 Å². The molecule has 13 heavy (non-hydrogen) atoms. The highest BCUT2D eigenvalue weighted by molar-refractivity contribution is 6.28. The van der Waals surface area contributed by atoms with Crippen LogP contribution >= 0.6 is 11.6 Å². The van der Waals surface area contributed by atoms with Crippen LogP contribution < -0.4 is 5.32 Å². The maximum atomic E-state index is 5.78. The van der Waals surface area contributed by atoms with E-state index < -0.39 is 0 Å². The summed E-state index contributed by atoms with van der Waals surface area (Å²) in [5.41, 5.74) is 1.94. The van der Waals surface area contributed by atoms with Gasteiger partial charge in [-0.25, -0.2) is 0 Å². The lowest BCUT2D eigenvalue weighted by molar-refractivity contribution is 0.816. The van der Waals surface area contributed by atoms with Gasteiger partial charge in [-0.1, -0.05) is 0 Å². The third kappa shape index (κ3) is 1.50. The second-order valence-corrected chi connectivity index (χ2v) is 3.10. The number of fused-ring (bicyclic) bond motifs is 1. The Hall–Kier alpha value is -1.13. The normalized spacial score (nSPS) is 10.9. The number of pyridine rings is 1. The van der Waals surface area contributed by atoms with Crippen molar-refractivity contribution in [3.05, 3.63) is 29.2 Å². The van der Waals surface area contributed by atoms with Crippen LogP contribution in [0.2, 0.25) is 5.28 Å². The van der Waals surface area contributed by atoms with Crippen LogP contribution in [0.4, 0.5) is 0 Å². The van der Waals surface area contributed by atoms with E-state index in [0.717, 1.165) is 12.2 Å². The molecule has 0 saturated carbocycles. The van der Waals surface area contributed by atoms with E-state index in [1.165, 1.54) is 5.56 Å². The molecule has 2 heterocycles. The average Bonchev–Trinajstić information content (AvgIpc) is 2.48. The molecule has 2 aromatic rings. The highest BCUT2D eigenvalue weighted by Gasteiger charge is 2.01. The fourth-order valence-electron chi connectivity index (χ4n) is 1.22. The first-order chi connectivity index (χ1) is 6.31. The molecule has 4 nitrogen and oxygen atoms in total. The lowest BCUT2D eigenvalue weighted by Gasteiger charge is -1.99. The van der Waals surface area contributed by atoms with Crippen LogP contribution in [-0.4, -0.2) is 21.6 Å². The Kier molecular flexibility index (Phi) is 2.16. The third-order valence-electron chi connectivity index (χ3n) is 1.81. The lowest BCUT2D eigenvalue weighted by atomic mass is 10.2. The molecule has 68 valence electrons. The Morgan fingerprint density at radius 3 is 3.15 bits per heavy atom. The van der Waals surface area contributed by atoms with E-state index in [0.29, 0.717) is 5.28 Å². The van der Waals surface area contributed by atoms with Gasteiger partial charge in [0.05, 0.1) is 0 Å². The molecule has 0 aliphatic carbocycles. The smallest absolute Gasteiger partial charge is 0.229 e. The highest BCUT2D eigenvalue weighted by Crippen LogP contribution is 2.10. The Labute approximate surface area is 80.5 Å². The van der Waals surface area contributed by atoms with E-state index in [1.54, 1.807) is 4.40 Å². The monoisotopic (exact) mass is 196 g/mol. The first-order valence-corrected chi connectivity index (χ1v) is 4.33. The second-order valence-electron chi connectivity index (χ2n) is 2.76. The zero-order chi connectivity index (χ0) is 9.26. The van der Waals surface area contributed by atoms with E-state index in [-0.39, 0.29) is 0 Å². The van der Waals surface area contributed by atoms with Gasteiger partial charge in [0.1, 0.15) is 0 Å². The summed E-state index contributed by atoms with van der Waals surface area (Å²) in [5.74, 6) is 0. The Balaban J connectivity index is 2.50. The van der Waals surface area contributed by atoms with E-state index in [9.17, 15) is 0 Å². The summed E-state index contributed by atoms with van der Waals surface area (Å²) in [6.07, 6.45) is 1.87. The zero-order valence-corrected chi connectivity index (χ0v) is 7.91. The van der Waals surface area contributed by atoms with Gasteiger partial charge in [-0.3, -0.25) is 4.40 Å². The van der Waals surface area contributed by atoms with Crippen molar-refractivity contribution in [2.24, 2.45) is 0 Å². The van der Waals surface area contributed by atoms with Crippen LogP contribution in [0, 0.1) is 0 Å². The van der Waals surface area contributed by atoms with Gasteiger partial charge in [0.2, 0.25) is 5.28 Å². The molecule has 0 atom stereocenters. The molecule has 0 spiro atoms. The largest absolute Gasteiger partial charge is 0.316 e. The van der Waals surface area contributed by atoms with Gasteiger partial charge >= 0.3 is 0 Å². The Morgan fingerprint density at radius 2 is 2.38 bits per heavy atom. The predicted octanol–water partition coefficient (Wildman–Crippen LogP) is 1.10. The van der Waals surface area contributed by atoms with Crippen molar-refractivity contribution in [3.8, 4) is 0 Å². The van der Waals surface area contributed by atoms with Gasteiger partial charge in [0, 0.05) is 12.7 Å². The highest BCUT2D eigenvalue weighted by atomic mass is 35.5. The number of nitrogens with one attached hydrogen (secondary N) is 1. The minimum atomic E-state index is 0.394. The molecule has 0 aliphatic heterocycles. The van der Waals surface area contributed by atoms with Gasteiger partial charge in [0.15, 0.2) is 5.65 Å². The van der Waals surface area contributed by atoms with Crippen LogP contribution in [0.1, 0.15) is 5.56 Å². The van der Waals surface area contributed by atoms with E-state index in [2.05, 4.69) is 15.5 Å². The maximum absolute atomic E-state index is 5.78.